The molecule has 0 radical (unpaired) electrons. The van der Waals surface area contributed by atoms with Crippen LogP contribution in [0.2, 0.25) is 0 Å². The van der Waals surface area contributed by atoms with Crippen LogP contribution in [0, 0.1) is 19.8 Å². The first-order chi connectivity index (χ1) is 9.04. The third-order valence-electron chi connectivity index (χ3n) is 3.88. The van der Waals surface area contributed by atoms with Crippen molar-refractivity contribution in [1.82, 2.24) is 10.2 Å². The molecule has 106 valence electrons. The highest BCUT2D eigenvalue weighted by molar-refractivity contribution is 5.28. The van der Waals surface area contributed by atoms with Crippen LogP contribution >= 0.6 is 0 Å². The van der Waals surface area contributed by atoms with E-state index in [-0.39, 0.29) is 0 Å². The van der Waals surface area contributed by atoms with Crippen LogP contribution in [0.5, 0.6) is 0 Å². The molecule has 2 nitrogen and oxygen atoms in total. The van der Waals surface area contributed by atoms with Crippen molar-refractivity contribution in [2.75, 3.05) is 19.6 Å². The Balaban J connectivity index is 2.06. The van der Waals surface area contributed by atoms with Crippen molar-refractivity contribution >= 4 is 0 Å². The summed E-state index contributed by atoms with van der Waals surface area (Å²) in [4.78, 5) is 2.66. The predicted molar refractivity (Wildman–Crippen MR) is 82.4 cm³/mol. The van der Waals surface area contributed by atoms with Crippen LogP contribution < -0.4 is 5.32 Å². The number of nitrogens with one attached hydrogen (secondary N) is 1. The Hall–Kier alpha value is -0.860. The lowest BCUT2D eigenvalue weighted by Gasteiger charge is -2.37. The van der Waals surface area contributed by atoms with E-state index in [9.17, 15) is 0 Å². The molecule has 19 heavy (non-hydrogen) atoms. The normalized spacial score (nSPS) is 21.0. The molecule has 1 aromatic rings. The van der Waals surface area contributed by atoms with Crippen LogP contribution in [0.4, 0.5) is 0 Å². The van der Waals surface area contributed by atoms with Gasteiger partial charge in [0.25, 0.3) is 0 Å². The molecule has 0 aromatic heterocycles. The first-order valence-electron chi connectivity index (χ1n) is 7.56. The summed E-state index contributed by atoms with van der Waals surface area (Å²) in [6, 6.07) is 7.62. The van der Waals surface area contributed by atoms with Crippen LogP contribution in [0.25, 0.3) is 0 Å². The van der Waals surface area contributed by atoms with Gasteiger partial charge in [0.05, 0.1) is 0 Å². The van der Waals surface area contributed by atoms with Crippen LogP contribution in [-0.2, 0) is 6.54 Å². The topological polar surface area (TPSA) is 15.3 Å². The highest BCUT2D eigenvalue weighted by Gasteiger charge is 2.22. The lowest BCUT2D eigenvalue weighted by Crippen LogP contribution is -2.51. The zero-order chi connectivity index (χ0) is 13.8. The minimum Gasteiger partial charge on any atom is -0.314 e. The number of hydrogen-bond acceptors (Lipinski definition) is 2. The Kier molecular flexibility index (Phi) is 5.00. The third-order valence-corrected chi connectivity index (χ3v) is 3.88. The summed E-state index contributed by atoms with van der Waals surface area (Å²) >= 11 is 0. The standard InChI is InChI=1S/C17H28N2/c1-13(2)7-17-11-18-5-6-19(17)12-16-9-14(3)8-15(4)10-16/h8-10,13,17-18H,5-7,11-12H2,1-4H3. The molecule has 1 heterocycles. The number of rotatable bonds is 4. The van der Waals surface area contributed by atoms with Gasteiger partial charge >= 0.3 is 0 Å². The van der Waals surface area contributed by atoms with Crippen molar-refractivity contribution in [1.29, 1.82) is 0 Å². The van der Waals surface area contributed by atoms with Gasteiger partial charge in [0, 0.05) is 32.2 Å². The zero-order valence-corrected chi connectivity index (χ0v) is 12.9. The molecular weight excluding hydrogens is 232 g/mol. The summed E-state index contributed by atoms with van der Waals surface area (Å²) in [5.41, 5.74) is 4.23. The third kappa shape index (κ3) is 4.32. The van der Waals surface area contributed by atoms with Crippen LogP contribution in [-0.4, -0.2) is 30.6 Å². The fourth-order valence-electron chi connectivity index (χ4n) is 3.18. The summed E-state index contributed by atoms with van der Waals surface area (Å²) < 4.78 is 0. The summed E-state index contributed by atoms with van der Waals surface area (Å²) in [6.07, 6.45) is 1.29. The molecular formula is C17H28N2. The molecule has 0 bridgehead atoms. The van der Waals surface area contributed by atoms with E-state index in [0.29, 0.717) is 6.04 Å². The van der Waals surface area contributed by atoms with Crippen molar-refractivity contribution in [3.63, 3.8) is 0 Å². The molecule has 1 aromatic carbocycles. The summed E-state index contributed by atoms with van der Waals surface area (Å²) in [7, 11) is 0. The minimum atomic E-state index is 0.689. The second-order valence-electron chi connectivity index (χ2n) is 6.45. The Bertz CT molecular complexity index is 391. The predicted octanol–water partition coefficient (Wildman–Crippen LogP) is 3.12. The second kappa shape index (κ2) is 6.53. The van der Waals surface area contributed by atoms with Gasteiger partial charge < -0.3 is 5.32 Å². The molecule has 2 heteroatoms. The quantitative estimate of drug-likeness (QED) is 0.895. The highest BCUT2D eigenvalue weighted by Crippen LogP contribution is 2.18. The van der Waals surface area contributed by atoms with Gasteiger partial charge in [0.15, 0.2) is 0 Å². The van der Waals surface area contributed by atoms with Crippen LogP contribution in [0.3, 0.4) is 0 Å². The Labute approximate surface area is 118 Å². The van der Waals surface area contributed by atoms with Gasteiger partial charge in [-0.25, -0.2) is 0 Å². The van der Waals surface area contributed by atoms with Crippen molar-refractivity contribution in [3.8, 4) is 0 Å². The molecule has 2 rings (SSSR count). The maximum absolute atomic E-state index is 3.54. The van der Waals surface area contributed by atoms with Gasteiger partial charge in [-0.3, -0.25) is 4.90 Å². The highest BCUT2D eigenvalue weighted by atomic mass is 15.2. The van der Waals surface area contributed by atoms with Crippen molar-refractivity contribution in [2.24, 2.45) is 5.92 Å². The molecule has 1 fully saturated rings. The van der Waals surface area contributed by atoms with Crippen LogP contribution in [0.15, 0.2) is 18.2 Å². The molecule has 1 N–H and O–H groups in total. The molecule has 1 aliphatic heterocycles. The number of aryl methyl sites for hydroxylation is 2. The molecule has 0 amide bonds. The maximum atomic E-state index is 3.54. The van der Waals surface area contributed by atoms with E-state index in [1.165, 1.54) is 29.7 Å². The fraction of sp³-hybridized carbons (Fsp3) is 0.647. The molecule has 0 aliphatic carbocycles. The second-order valence-corrected chi connectivity index (χ2v) is 6.45. The van der Waals surface area contributed by atoms with Crippen molar-refractivity contribution in [3.05, 3.63) is 34.9 Å². The smallest absolute Gasteiger partial charge is 0.0237 e. The number of piperazine rings is 1. The molecule has 0 saturated carbocycles. The Morgan fingerprint density at radius 1 is 1.21 bits per heavy atom. The average molecular weight is 260 g/mol. The van der Waals surface area contributed by atoms with Crippen molar-refractivity contribution < 1.29 is 0 Å². The molecule has 1 atom stereocenters. The summed E-state index contributed by atoms with van der Waals surface area (Å²) in [6.45, 7) is 13.6. The maximum Gasteiger partial charge on any atom is 0.0237 e. The Morgan fingerprint density at radius 2 is 1.89 bits per heavy atom. The van der Waals surface area contributed by atoms with Gasteiger partial charge in [-0.15, -0.1) is 0 Å². The van der Waals surface area contributed by atoms with Gasteiger partial charge in [0.1, 0.15) is 0 Å². The van der Waals surface area contributed by atoms with Gasteiger partial charge in [-0.1, -0.05) is 43.2 Å². The number of benzene rings is 1. The fourth-order valence-corrected chi connectivity index (χ4v) is 3.18. The van der Waals surface area contributed by atoms with Crippen LogP contribution in [0.1, 0.15) is 37.0 Å². The summed E-state index contributed by atoms with van der Waals surface area (Å²) in [5.74, 6) is 0.770. The minimum absolute atomic E-state index is 0.689. The monoisotopic (exact) mass is 260 g/mol. The van der Waals surface area contributed by atoms with Gasteiger partial charge in [-0.05, 0) is 31.7 Å². The average Bonchev–Trinajstić information content (AvgIpc) is 2.29. The van der Waals surface area contributed by atoms with E-state index >= 15 is 0 Å². The summed E-state index contributed by atoms with van der Waals surface area (Å²) in [5, 5.41) is 3.54. The van der Waals surface area contributed by atoms with Crippen molar-refractivity contribution in [2.45, 2.75) is 46.7 Å². The molecule has 1 saturated heterocycles. The largest absolute Gasteiger partial charge is 0.314 e. The molecule has 0 spiro atoms. The first-order valence-corrected chi connectivity index (χ1v) is 7.56. The number of hydrogen-bond donors (Lipinski definition) is 1. The van der Waals surface area contributed by atoms with E-state index in [0.717, 1.165) is 25.6 Å². The lowest BCUT2D eigenvalue weighted by atomic mass is 9.99. The van der Waals surface area contributed by atoms with E-state index < -0.39 is 0 Å². The van der Waals surface area contributed by atoms with Gasteiger partial charge in [-0.2, -0.15) is 0 Å². The van der Waals surface area contributed by atoms with E-state index in [1.54, 1.807) is 0 Å². The zero-order valence-electron chi connectivity index (χ0n) is 12.9. The van der Waals surface area contributed by atoms with Gasteiger partial charge in [0.2, 0.25) is 0 Å². The van der Waals surface area contributed by atoms with E-state index in [4.69, 9.17) is 0 Å². The van der Waals surface area contributed by atoms with E-state index in [1.807, 2.05) is 0 Å². The molecule has 1 aliphatic rings. The first kappa shape index (κ1) is 14.5. The SMILES string of the molecule is Cc1cc(C)cc(CN2CCNCC2CC(C)C)c1. The van der Waals surface area contributed by atoms with E-state index in [2.05, 4.69) is 56.1 Å². The molecule has 1 unspecified atom stereocenters. The number of nitrogens with zero attached hydrogens (tertiary/aromatic N) is 1. The Morgan fingerprint density at radius 3 is 2.53 bits per heavy atom. The lowest BCUT2D eigenvalue weighted by molar-refractivity contribution is 0.134.